The zero-order chi connectivity index (χ0) is 17.8. The topological polar surface area (TPSA) is 99.2 Å². The fourth-order valence-corrected chi connectivity index (χ4v) is 2.30. The second-order valence-corrected chi connectivity index (χ2v) is 5.01. The molecule has 0 aliphatic heterocycles. The van der Waals surface area contributed by atoms with Crippen molar-refractivity contribution in [3.05, 3.63) is 43.6 Å². The maximum absolute atomic E-state index is 5.77. The number of fused-ring (bicyclic) bond motifs is 2. The first kappa shape index (κ1) is 16.5. The van der Waals surface area contributed by atoms with E-state index in [0.29, 0.717) is 16.3 Å². The lowest BCUT2D eigenvalue weighted by Crippen LogP contribution is -1.95. The summed E-state index contributed by atoms with van der Waals surface area (Å²) in [6, 6.07) is 0. The highest BCUT2D eigenvalue weighted by molar-refractivity contribution is 6.33. The molecule has 0 unspecified atom stereocenters. The molecular formula is C15H14ClN9. The number of nitrogens with zero attached hydrogens (tertiary/aromatic N) is 8. The van der Waals surface area contributed by atoms with E-state index in [1.165, 1.54) is 12.7 Å². The van der Waals surface area contributed by atoms with E-state index < -0.39 is 0 Å². The largest absolute Gasteiger partial charge is 0.371 e. The summed E-state index contributed by atoms with van der Waals surface area (Å²) in [6.07, 6.45) is 9.41. The third-order valence-corrected chi connectivity index (χ3v) is 3.58. The van der Waals surface area contributed by atoms with Gasteiger partial charge in [0.15, 0.2) is 27.8 Å². The Morgan fingerprint density at radius 2 is 1.44 bits per heavy atom. The van der Waals surface area contributed by atoms with E-state index in [2.05, 4.69) is 48.4 Å². The fraction of sp³-hybridized carbons (Fsp3) is 0.0667. The second-order valence-electron chi connectivity index (χ2n) is 4.65. The number of nitrogens with one attached hydrogen (secondary N) is 1. The van der Waals surface area contributed by atoms with Crippen LogP contribution in [0.15, 0.2) is 38.5 Å². The lowest BCUT2D eigenvalue weighted by Gasteiger charge is -1.98. The van der Waals surface area contributed by atoms with Crippen molar-refractivity contribution in [2.45, 2.75) is 0 Å². The van der Waals surface area contributed by atoms with Gasteiger partial charge in [-0.15, -0.1) is 0 Å². The van der Waals surface area contributed by atoms with Crippen molar-refractivity contribution in [1.29, 1.82) is 0 Å². The Morgan fingerprint density at radius 3 is 2.04 bits per heavy atom. The molecule has 1 N–H and O–H groups in total. The molecule has 4 heterocycles. The molecule has 0 fully saturated rings. The Kier molecular flexibility index (Phi) is 4.66. The molecule has 4 rings (SSSR count). The van der Waals surface area contributed by atoms with Crippen LogP contribution < -0.4 is 5.32 Å². The van der Waals surface area contributed by atoms with Crippen LogP contribution in [0.4, 0.5) is 5.82 Å². The molecule has 0 saturated carbocycles. The molecule has 0 aliphatic carbocycles. The van der Waals surface area contributed by atoms with Crippen LogP contribution >= 0.6 is 11.6 Å². The molecule has 4 aromatic heterocycles. The van der Waals surface area contributed by atoms with Gasteiger partial charge in [-0.3, -0.25) is 9.13 Å². The zero-order valence-corrected chi connectivity index (χ0v) is 14.1. The van der Waals surface area contributed by atoms with Gasteiger partial charge in [0.25, 0.3) is 0 Å². The van der Waals surface area contributed by atoms with E-state index >= 15 is 0 Å². The number of imidazole rings is 2. The van der Waals surface area contributed by atoms with Crippen molar-refractivity contribution < 1.29 is 0 Å². The normalized spacial score (nSPS) is 10.3. The molecule has 0 spiro atoms. The van der Waals surface area contributed by atoms with Gasteiger partial charge >= 0.3 is 0 Å². The van der Waals surface area contributed by atoms with Crippen molar-refractivity contribution in [2.24, 2.45) is 0 Å². The van der Waals surface area contributed by atoms with Gasteiger partial charge < -0.3 is 5.32 Å². The van der Waals surface area contributed by atoms with Crippen LogP contribution in [0.25, 0.3) is 34.7 Å². The molecule has 0 aliphatic rings. The Bertz CT molecular complexity index is 1050. The van der Waals surface area contributed by atoms with Gasteiger partial charge in [0.05, 0.1) is 0 Å². The van der Waals surface area contributed by atoms with Crippen molar-refractivity contribution in [3.63, 3.8) is 0 Å². The lowest BCUT2D eigenvalue weighted by atomic mass is 10.5. The Hall–Kier alpha value is -3.33. The molecule has 10 heteroatoms. The monoisotopic (exact) mass is 355 g/mol. The lowest BCUT2D eigenvalue weighted by molar-refractivity contribution is 1.12. The summed E-state index contributed by atoms with van der Waals surface area (Å²) in [5, 5.41) is 3.31. The summed E-state index contributed by atoms with van der Waals surface area (Å²) in [5.41, 5.74) is 2.78. The number of rotatable bonds is 3. The standard InChI is InChI=1S/C8H9N5.C7H5ClN4/c1-3-13-5-12-6-7(9-2)10-4-11-8(6)13;1-2-12-4-11-5-6(8)9-3-10-7(5)12/h3-5H,1H2,2H3,(H,9,10,11);2-4H,1H2. The summed E-state index contributed by atoms with van der Waals surface area (Å²) in [7, 11) is 1.80. The fourth-order valence-electron chi connectivity index (χ4n) is 2.13. The third kappa shape index (κ3) is 3.04. The summed E-state index contributed by atoms with van der Waals surface area (Å²) in [4.78, 5) is 24.1. The van der Waals surface area contributed by atoms with Crippen LogP contribution in [0.1, 0.15) is 0 Å². The van der Waals surface area contributed by atoms with E-state index in [1.54, 1.807) is 41.2 Å². The molecule has 0 radical (unpaired) electrons. The van der Waals surface area contributed by atoms with Gasteiger partial charge in [0.2, 0.25) is 0 Å². The molecule has 126 valence electrons. The highest BCUT2D eigenvalue weighted by Crippen LogP contribution is 2.17. The minimum atomic E-state index is 0.362. The predicted octanol–water partition coefficient (Wildman–Crippen LogP) is 2.55. The van der Waals surface area contributed by atoms with Gasteiger partial charge in [0, 0.05) is 19.4 Å². The second kappa shape index (κ2) is 7.05. The molecule has 0 aromatic carbocycles. The van der Waals surface area contributed by atoms with Crippen molar-refractivity contribution >= 4 is 52.1 Å². The maximum Gasteiger partial charge on any atom is 0.169 e. The first-order valence-corrected chi connectivity index (χ1v) is 7.50. The Morgan fingerprint density at radius 1 is 0.880 bits per heavy atom. The Labute approximate surface area is 147 Å². The van der Waals surface area contributed by atoms with Crippen molar-refractivity contribution in [1.82, 2.24) is 39.0 Å². The van der Waals surface area contributed by atoms with Gasteiger partial charge in [0.1, 0.15) is 30.8 Å². The molecule has 0 atom stereocenters. The summed E-state index contributed by atoms with van der Waals surface area (Å²) < 4.78 is 3.43. The van der Waals surface area contributed by atoms with E-state index in [9.17, 15) is 0 Å². The molecular weight excluding hydrogens is 342 g/mol. The summed E-state index contributed by atoms with van der Waals surface area (Å²) >= 11 is 5.77. The highest BCUT2D eigenvalue weighted by atomic mass is 35.5. The van der Waals surface area contributed by atoms with E-state index in [4.69, 9.17) is 11.6 Å². The van der Waals surface area contributed by atoms with Gasteiger partial charge in [-0.05, 0) is 0 Å². The Balaban J connectivity index is 0.000000146. The minimum absolute atomic E-state index is 0.362. The highest BCUT2D eigenvalue weighted by Gasteiger charge is 2.06. The van der Waals surface area contributed by atoms with Crippen molar-refractivity contribution in [2.75, 3.05) is 12.4 Å². The van der Waals surface area contributed by atoms with Crippen LogP contribution in [-0.2, 0) is 0 Å². The van der Waals surface area contributed by atoms with E-state index in [0.717, 1.165) is 17.0 Å². The van der Waals surface area contributed by atoms with Crippen LogP contribution in [0.2, 0.25) is 5.15 Å². The molecule has 0 amide bonds. The zero-order valence-electron chi connectivity index (χ0n) is 13.3. The first-order valence-electron chi connectivity index (χ1n) is 7.13. The average Bonchev–Trinajstić information content (AvgIpc) is 3.26. The summed E-state index contributed by atoms with van der Waals surface area (Å²) in [6.45, 7) is 7.25. The maximum atomic E-state index is 5.77. The summed E-state index contributed by atoms with van der Waals surface area (Å²) in [5.74, 6) is 0.727. The minimum Gasteiger partial charge on any atom is -0.371 e. The SMILES string of the molecule is C=Cn1cnc2c(Cl)ncnc21.C=Cn1cnc2c(NC)ncnc21. The quantitative estimate of drug-likeness (QED) is 0.564. The smallest absolute Gasteiger partial charge is 0.169 e. The number of hydrogen-bond donors (Lipinski definition) is 1. The number of hydrogen-bond acceptors (Lipinski definition) is 7. The molecule has 0 bridgehead atoms. The van der Waals surface area contributed by atoms with Gasteiger partial charge in [-0.1, -0.05) is 24.8 Å². The van der Waals surface area contributed by atoms with E-state index in [-0.39, 0.29) is 0 Å². The molecule has 25 heavy (non-hydrogen) atoms. The molecule has 4 aromatic rings. The van der Waals surface area contributed by atoms with Gasteiger partial charge in [-0.25, -0.2) is 29.9 Å². The molecule has 0 saturated heterocycles. The van der Waals surface area contributed by atoms with Crippen LogP contribution in [0.3, 0.4) is 0 Å². The van der Waals surface area contributed by atoms with Gasteiger partial charge in [-0.2, -0.15) is 0 Å². The van der Waals surface area contributed by atoms with E-state index in [1.807, 2.05) is 0 Å². The van der Waals surface area contributed by atoms with Crippen LogP contribution in [0.5, 0.6) is 0 Å². The molecule has 9 nitrogen and oxygen atoms in total. The third-order valence-electron chi connectivity index (χ3n) is 3.30. The average molecular weight is 356 g/mol. The van der Waals surface area contributed by atoms with Crippen molar-refractivity contribution in [3.8, 4) is 0 Å². The number of halogens is 1. The first-order chi connectivity index (χ1) is 12.2. The number of anilines is 1. The van der Waals surface area contributed by atoms with Crippen LogP contribution in [0, 0.1) is 0 Å². The number of aromatic nitrogens is 8. The van der Waals surface area contributed by atoms with Crippen LogP contribution in [-0.4, -0.2) is 46.1 Å². The predicted molar refractivity (Wildman–Crippen MR) is 98.0 cm³/mol.